The number of rotatable bonds is 2. The molecule has 3 nitrogen and oxygen atoms in total. The molecule has 0 N–H and O–H groups in total. The minimum absolute atomic E-state index is 0.200. The zero-order valence-corrected chi connectivity index (χ0v) is 8.95. The number of halogens is 2. The van der Waals surface area contributed by atoms with E-state index in [0.717, 1.165) is 12.1 Å². The summed E-state index contributed by atoms with van der Waals surface area (Å²) >= 11 is 0. The van der Waals surface area contributed by atoms with Crippen molar-refractivity contribution < 1.29 is 13.6 Å². The van der Waals surface area contributed by atoms with E-state index in [4.69, 9.17) is 0 Å². The fourth-order valence-corrected chi connectivity index (χ4v) is 1.42. The molecule has 1 aromatic carbocycles. The van der Waals surface area contributed by atoms with Gasteiger partial charge in [-0.05, 0) is 31.2 Å². The lowest BCUT2D eigenvalue weighted by Crippen LogP contribution is -1.97. The third kappa shape index (κ3) is 2.33. The van der Waals surface area contributed by atoms with Gasteiger partial charge in [0.25, 0.3) is 0 Å². The Balaban J connectivity index is 2.55. The fraction of sp³-hybridized carbons (Fsp3) is 0.0833. The predicted molar refractivity (Wildman–Crippen MR) is 57.5 cm³/mol. The molecule has 2 rings (SSSR count). The summed E-state index contributed by atoms with van der Waals surface area (Å²) in [5.74, 6) is -1.71. The number of nitrogens with zero attached hydrogens (tertiary/aromatic N) is 2. The highest BCUT2D eigenvalue weighted by molar-refractivity contribution is 5.73. The molecule has 17 heavy (non-hydrogen) atoms. The number of carbonyl (C=O) groups is 1. The Labute approximate surface area is 96.2 Å². The van der Waals surface area contributed by atoms with E-state index in [1.165, 1.54) is 12.1 Å². The number of hydrogen-bond donors (Lipinski definition) is 0. The minimum atomic E-state index is -0.972. The first-order chi connectivity index (χ1) is 8.10. The Morgan fingerprint density at radius 1 is 1.12 bits per heavy atom. The van der Waals surface area contributed by atoms with Crippen molar-refractivity contribution >= 4 is 6.29 Å². The Hall–Kier alpha value is -2.17. The maximum absolute atomic E-state index is 13.0. The predicted octanol–water partition coefficient (Wildman–Crippen LogP) is 2.54. The Morgan fingerprint density at radius 3 is 2.53 bits per heavy atom. The van der Waals surface area contributed by atoms with Crippen LogP contribution >= 0.6 is 0 Å². The normalized spacial score (nSPS) is 10.3. The summed E-state index contributed by atoms with van der Waals surface area (Å²) < 4.78 is 25.8. The molecule has 0 fully saturated rings. The Morgan fingerprint density at radius 2 is 1.88 bits per heavy atom. The number of aryl methyl sites for hydroxylation is 1. The van der Waals surface area contributed by atoms with Crippen molar-refractivity contribution in [2.45, 2.75) is 6.92 Å². The van der Waals surface area contributed by atoms with Gasteiger partial charge in [0.15, 0.2) is 23.7 Å². The van der Waals surface area contributed by atoms with Crippen molar-refractivity contribution in [2.24, 2.45) is 0 Å². The quantitative estimate of drug-likeness (QED) is 0.750. The Bertz CT molecular complexity index is 585. The van der Waals surface area contributed by atoms with Crippen LogP contribution in [0.5, 0.6) is 0 Å². The van der Waals surface area contributed by atoms with Crippen LogP contribution in [0.2, 0.25) is 0 Å². The van der Waals surface area contributed by atoms with E-state index >= 15 is 0 Å². The van der Waals surface area contributed by atoms with Crippen molar-refractivity contribution in [2.75, 3.05) is 0 Å². The molecule has 0 aliphatic rings. The molecule has 5 heteroatoms. The topological polar surface area (TPSA) is 42.9 Å². The summed E-state index contributed by atoms with van der Waals surface area (Å²) in [6, 6.07) is 4.87. The molecule has 0 aliphatic carbocycles. The molecule has 0 spiro atoms. The van der Waals surface area contributed by atoms with E-state index in [2.05, 4.69) is 9.97 Å². The highest BCUT2D eigenvalue weighted by atomic mass is 19.2. The van der Waals surface area contributed by atoms with Crippen LogP contribution in [-0.4, -0.2) is 16.3 Å². The molecule has 1 heterocycles. The second kappa shape index (κ2) is 4.37. The number of benzene rings is 1. The lowest BCUT2D eigenvalue weighted by molar-refractivity contribution is 0.111. The molecule has 0 bridgehead atoms. The van der Waals surface area contributed by atoms with Gasteiger partial charge in [0.05, 0.1) is 0 Å². The smallest absolute Gasteiger partial charge is 0.168 e. The van der Waals surface area contributed by atoms with Crippen LogP contribution in [0.15, 0.2) is 24.3 Å². The molecule has 0 atom stereocenters. The molecule has 0 amide bonds. The molecule has 0 aliphatic heterocycles. The van der Waals surface area contributed by atoms with Gasteiger partial charge in [-0.2, -0.15) is 0 Å². The standard InChI is InChI=1S/C12H8F2N2O/c1-7-4-9(6-17)16-12(15-7)8-2-3-10(13)11(14)5-8/h2-6H,1H3. The van der Waals surface area contributed by atoms with E-state index in [-0.39, 0.29) is 11.5 Å². The van der Waals surface area contributed by atoms with E-state index in [0.29, 0.717) is 17.5 Å². The lowest BCUT2D eigenvalue weighted by Gasteiger charge is -2.03. The summed E-state index contributed by atoms with van der Waals surface area (Å²) in [4.78, 5) is 18.6. The molecule has 0 saturated heterocycles. The molecule has 1 aromatic heterocycles. The van der Waals surface area contributed by atoms with Crippen LogP contribution in [0.4, 0.5) is 8.78 Å². The van der Waals surface area contributed by atoms with E-state index in [9.17, 15) is 13.6 Å². The summed E-state index contributed by atoms with van der Waals surface area (Å²) in [5, 5.41) is 0. The van der Waals surface area contributed by atoms with Crippen LogP contribution in [0, 0.1) is 18.6 Å². The zero-order valence-electron chi connectivity index (χ0n) is 8.95. The van der Waals surface area contributed by atoms with Crippen LogP contribution in [0.3, 0.4) is 0 Å². The molecule has 2 aromatic rings. The van der Waals surface area contributed by atoms with E-state index in [1.54, 1.807) is 6.92 Å². The van der Waals surface area contributed by atoms with Crippen LogP contribution < -0.4 is 0 Å². The van der Waals surface area contributed by atoms with Crippen LogP contribution in [-0.2, 0) is 0 Å². The van der Waals surface area contributed by atoms with Crippen LogP contribution in [0.25, 0.3) is 11.4 Å². The summed E-state index contributed by atoms with van der Waals surface area (Å²) in [7, 11) is 0. The molecular formula is C12H8F2N2O. The molecule has 0 saturated carbocycles. The van der Waals surface area contributed by atoms with Crippen molar-refractivity contribution in [1.82, 2.24) is 9.97 Å². The number of aromatic nitrogens is 2. The Kier molecular flexibility index (Phi) is 2.91. The van der Waals surface area contributed by atoms with Gasteiger partial charge in [-0.1, -0.05) is 0 Å². The van der Waals surface area contributed by atoms with E-state index in [1.807, 2.05) is 0 Å². The largest absolute Gasteiger partial charge is 0.296 e. The van der Waals surface area contributed by atoms with Gasteiger partial charge < -0.3 is 0 Å². The van der Waals surface area contributed by atoms with E-state index < -0.39 is 11.6 Å². The average Bonchev–Trinajstić information content (AvgIpc) is 2.32. The SMILES string of the molecule is Cc1cc(C=O)nc(-c2ccc(F)c(F)c2)n1. The number of aldehydes is 1. The van der Waals surface area contributed by atoms with Gasteiger partial charge in [-0.15, -0.1) is 0 Å². The van der Waals surface area contributed by atoms with Crippen LogP contribution in [0.1, 0.15) is 16.2 Å². The maximum atomic E-state index is 13.0. The van der Waals surface area contributed by atoms with Gasteiger partial charge in [0.1, 0.15) is 5.69 Å². The highest BCUT2D eigenvalue weighted by Gasteiger charge is 2.08. The molecule has 86 valence electrons. The van der Waals surface area contributed by atoms with Crippen molar-refractivity contribution in [3.8, 4) is 11.4 Å². The number of carbonyl (C=O) groups excluding carboxylic acids is 1. The average molecular weight is 234 g/mol. The summed E-state index contributed by atoms with van der Waals surface area (Å²) in [6.07, 6.45) is 0.581. The van der Waals surface area contributed by atoms with Gasteiger partial charge >= 0.3 is 0 Å². The number of hydrogen-bond acceptors (Lipinski definition) is 3. The van der Waals surface area contributed by atoms with Crippen molar-refractivity contribution in [3.63, 3.8) is 0 Å². The van der Waals surface area contributed by atoms with Gasteiger partial charge in [-0.3, -0.25) is 4.79 Å². The third-order valence-corrected chi connectivity index (χ3v) is 2.17. The lowest BCUT2D eigenvalue weighted by atomic mass is 10.2. The molecular weight excluding hydrogens is 226 g/mol. The zero-order chi connectivity index (χ0) is 12.4. The highest BCUT2D eigenvalue weighted by Crippen LogP contribution is 2.18. The van der Waals surface area contributed by atoms with Crippen molar-refractivity contribution in [3.05, 3.63) is 47.3 Å². The minimum Gasteiger partial charge on any atom is -0.296 e. The first-order valence-corrected chi connectivity index (χ1v) is 4.86. The van der Waals surface area contributed by atoms with Gasteiger partial charge in [0.2, 0.25) is 0 Å². The summed E-state index contributed by atoms with van der Waals surface area (Å²) in [6.45, 7) is 1.69. The maximum Gasteiger partial charge on any atom is 0.168 e. The molecule has 0 unspecified atom stereocenters. The third-order valence-electron chi connectivity index (χ3n) is 2.17. The van der Waals surface area contributed by atoms with Crippen molar-refractivity contribution in [1.29, 1.82) is 0 Å². The first kappa shape index (κ1) is 11.3. The summed E-state index contributed by atoms with van der Waals surface area (Å²) in [5.41, 5.74) is 1.12. The first-order valence-electron chi connectivity index (χ1n) is 4.86. The second-order valence-electron chi connectivity index (χ2n) is 3.50. The second-order valence-corrected chi connectivity index (χ2v) is 3.50. The fourth-order valence-electron chi connectivity index (χ4n) is 1.42. The van der Waals surface area contributed by atoms with Gasteiger partial charge in [0, 0.05) is 11.3 Å². The molecule has 0 radical (unpaired) electrons. The van der Waals surface area contributed by atoms with Gasteiger partial charge in [-0.25, -0.2) is 18.7 Å². The monoisotopic (exact) mass is 234 g/mol.